The van der Waals surface area contributed by atoms with E-state index in [1.807, 2.05) is 26.0 Å². The summed E-state index contributed by atoms with van der Waals surface area (Å²) in [7, 11) is 0. The van der Waals surface area contributed by atoms with Gasteiger partial charge in [-0.15, -0.1) is 5.10 Å². The molecule has 0 aliphatic rings. The number of halogens is 1. The van der Waals surface area contributed by atoms with Crippen LogP contribution in [0, 0.1) is 13.8 Å². The van der Waals surface area contributed by atoms with Crippen LogP contribution >= 0.6 is 23.4 Å². The number of hydrogen-bond donors (Lipinski definition) is 2. The molecule has 3 rings (SSSR count). The summed E-state index contributed by atoms with van der Waals surface area (Å²) in [4.78, 5) is 24.1. The zero-order valence-electron chi connectivity index (χ0n) is 15.1. The van der Waals surface area contributed by atoms with Crippen molar-refractivity contribution in [1.82, 2.24) is 25.5 Å². The van der Waals surface area contributed by atoms with Crippen LogP contribution in [0.2, 0.25) is 5.02 Å². The SMILES string of the molecule is Cc1ccc(NC(=O)NC(=O)CSc2nnnn2-c2ccc(Cl)cc2)cc1C. The van der Waals surface area contributed by atoms with Gasteiger partial charge in [0.25, 0.3) is 0 Å². The van der Waals surface area contributed by atoms with Gasteiger partial charge >= 0.3 is 6.03 Å². The Labute approximate surface area is 170 Å². The molecular weight excluding hydrogens is 400 g/mol. The van der Waals surface area contributed by atoms with Crippen molar-refractivity contribution in [3.8, 4) is 5.69 Å². The van der Waals surface area contributed by atoms with Gasteiger partial charge in [-0.25, -0.2) is 4.79 Å². The first-order valence-electron chi connectivity index (χ1n) is 8.27. The van der Waals surface area contributed by atoms with Crippen molar-refractivity contribution in [3.05, 3.63) is 58.6 Å². The molecule has 0 aliphatic heterocycles. The molecular formula is C18H17ClN6O2S. The first-order valence-corrected chi connectivity index (χ1v) is 9.64. The fourth-order valence-corrected chi connectivity index (χ4v) is 3.10. The van der Waals surface area contributed by atoms with Gasteiger partial charge in [-0.2, -0.15) is 4.68 Å². The Morgan fingerprint density at radius 3 is 2.57 bits per heavy atom. The lowest BCUT2D eigenvalue weighted by molar-refractivity contribution is -0.117. The zero-order valence-corrected chi connectivity index (χ0v) is 16.7. The number of benzene rings is 2. The van der Waals surface area contributed by atoms with Gasteiger partial charge in [0.15, 0.2) is 0 Å². The first-order chi connectivity index (χ1) is 13.4. The second kappa shape index (κ2) is 8.85. The smallest absolute Gasteiger partial charge is 0.308 e. The monoisotopic (exact) mass is 416 g/mol. The summed E-state index contributed by atoms with van der Waals surface area (Å²) in [6, 6.07) is 11.9. The van der Waals surface area contributed by atoms with Crippen molar-refractivity contribution in [2.24, 2.45) is 0 Å². The summed E-state index contributed by atoms with van der Waals surface area (Å²) in [6.07, 6.45) is 0. The molecule has 144 valence electrons. The van der Waals surface area contributed by atoms with Crippen LogP contribution in [0.1, 0.15) is 11.1 Å². The topological polar surface area (TPSA) is 102 Å². The molecule has 0 bridgehead atoms. The van der Waals surface area contributed by atoms with Gasteiger partial charge in [0.05, 0.1) is 11.4 Å². The first kappa shape index (κ1) is 19.8. The normalized spacial score (nSPS) is 10.5. The van der Waals surface area contributed by atoms with Gasteiger partial charge in [-0.1, -0.05) is 29.4 Å². The molecule has 1 heterocycles. The number of aromatic nitrogens is 4. The van der Waals surface area contributed by atoms with E-state index >= 15 is 0 Å². The van der Waals surface area contributed by atoms with Crippen LogP contribution in [-0.2, 0) is 4.79 Å². The number of amides is 3. The molecule has 28 heavy (non-hydrogen) atoms. The Kier molecular flexibility index (Phi) is 6.27. The lowest BCUT2D eigenvalue weighted by Gasteiger charge is -2.08. The predicted octanol–water partition coefficient (Wildman–Crippen LogP) is 3.37. The number of nitrogens with zero attached hydrogens (tertiary/aromatic N) is 4. The van der Waals surface area contributed by atoms with Gasteiger partial charge in [0, 0.05) is 10.7 Å². The summed E-state index contributed by atoms with van der Waals surface area (Å²) >= 11 is 7.00. The number of anilines is 1. The number of urea groups is 1. The summed E-state index contributed by atoms with van der Waals surface area (Å²) < 4.78 is 1.49. The summed E-state index contributed by atoms with van der Waals surface area (Å²) in [5.74, 6) is -0.481. The van der Waals surface area contributed by atoms with Gasteiger partial charge in [-0.05, 0) is 71.8 Å². The molecule has 0 unspecified atom stereocenters. The van der Waals surface area contributed by atoms with Crippen LogP contribution in [0.25, 0.3) is 5.69 Å². The van der Waals surface area contributed by atoms with Crippen LogP contribution in [0.3, 0.4) is 0 Å². The molecule has 0 saturated carbocycles. The van der Waals surface area contributed by atoms with E-state index in [-0.39, 0.29) is 5.75 Å². The second-order valence-electron chi connectivity index (χ2n) is 5.94. The predicted molar refractivity (Wildman–Crippen MR) is 108 cm³/mol. The van der Waals surface area contributed by atoms with Crippen LogP contribution in [0.5, 0.6) is 0 Å². The minimum atomic E-state index is -0.592. The van der Waals surface area contributed by atoms with Crippen molar-refractivity contribution in [1.29, 1.82) is 0 Å². The van der Waals surface area contributed by atoms with E-state index in [4.69, 9.17) is 11.6 Å². The van der Waals surface area contributed by atoms with Crippen LogP contribution < -0.4 is 10.6 Å². The molecule has 1 aromatic heterocycles. The van der Waals surface area contributed by atoms with E-state index in [9.17, 15) is 9.59 Å². The van der Waals surface area contributed by atoms with Crippen LogP contribution in [0.4, 0.5) is 10.5 Å². The van der Waals surface area contributed by atoms with E-state index in [2.05, 4.69) is 26.2 Å². The van der Waals surface area contributed by atoms with Gasteiger partial charge in [0.1, 0.15) is 0 Å². The molecule has 0 fully saturated rings. The van der Waals surface area contributed by atoms with Crippen LogP contribution in [-0.4, -0.2) is 37.9 Å². The quantitative estimate of drug-likeness (QED) is 0.618. The molecule has 8 nitrogen and oxygen atoms in total. The minimum Gasteiger partial charge on any atom is -0.308 e. The highest BCUT2D eigenvalue weighted by atomic mass is 35.5. The van der Waals surface area contributed by atoms with E-state index in [0.29, 0.717) is 21.6 Å². The average Bonchev–Trinajstić information content (AvgIpc) is 3.12. The molecule has 0 atom stereocenters. The van der Waals surface area contributed by atoms with Crippen molar-refractivity contribution < 1.29 is 9.59 Å². The maximum Gasteiger partial charge on any atom is 0.325 e. The van der Waals surface area contributed by atoms with Crippen molar-refractivity contribution in [2.75, 3.05) is 11.1 Å². The number of carbonyl (C=O) groups excluding carboxylic acids is 2. The molecule has 0 saturated heterocycles. The Balaban J connectivity index is 1.54. The number of tetrazole rings is 1. The fraction of sp³-hybridized carbons (Fsp3) is 0.167. The van der Waals surface area contributed by atoms with Gasteiger partial charge < -0.3 is 5.32 Å². The van der Waals surface area contributed by atoms with Crippen molar-refractivity contribution in [2.45, 2.75) is 19.0 Å². The molecule has 10 heteroatoms. The van der Waals surface area contributed by atoms with Crippen LogP contribution in [0.15, 0.2) is 47.6 Å². The molecule has 0 spiro atoms. The second-order valence-corrected chi connectivity index (χ2v) is 7.32. The van der Waals surface area contributed by atoms with E-state index in [1.54, 1.807) is 30.3 Å². The van der Waals surface area contributed by atoms with Crippen molar-refractivity contribution >= 4 is 41.0 Å². The number of carbonyl (C=O) groups is 2. The highest BCUT2D eigenvalue weighted by Crippen LogP contribution is 2.19. The Bertz CT molecular complexity index is 1010. The molecule has 2 N–H and O–H groups in total. The number of hydrogen-bond acceptors (Lipinski definition) is 6. The highest BCUT2D eigenvalue weighted by Gasteiger charge is 2.13. The zero-order chi connectivity index (χ0) is 20.1. The standard InChI is InChI=1S/C18H17ClN6O2S/c1-11-3-6-14(9-12(11)2)20-17(27)21-16(26)10-28-18-22-23-24-25(18)15-7-4-13(19)5-8-15/h3-9H,10H2,1-2H3,(H2,20,21,26,27). The minimum absolute atomic E-state index is 0.0195. The Hall–Kier alpha value is -2.91. The number of nitrogens with one attached hydrogen (secondary N) is 2. The number of rotatable bonds is 5. The van der Waals surface area contributed by atoms with Crippen molar-refractivity contribution in [3.63, 3.8) is 0 Å². The Morgan fingerprint density at radius 2 is 1.86 bits per heavy atom. The number of aryl methyl sites for hydroxylation is 2. The van der Waals surface area contributed by atoms with Gasteiger partial charge in [-0.3, -0.25) is 10.1 Å². The third kappa shape index (κ3) is 5.08. The number of thioether (sulfide) groups is 1. The summed E-state index contributed by atoms with van der Waals surface area (Å²) in [5.41, 5.74) is 3.50. The lowest BCUT2D eigenvalue weighted by Crippen LogP contribution is -2.35. The third-order valence-corrected chi connectivity index (χ3v) is 5.03. The molecule has 2 aromatic carbocycles. The average molecular weight is 417 g/mol. The summed E-state index contributed by atoms with van der Waals surface area (Å²) in [5, 5.41) is 17.4. The Morgan fingerprint density at radius 1 is 1.11 bits per heavy atom. The number of imide groups is 1. The summed E-state index contributed by atoms with van der Waals surface area (Å²) in [6.45, 7) is 3.93. The highest BCUT2D eigenvalue weighted by molar-refractivity contribution is 7.99. The fourth-order valence-electron chi connectivity index (χ4n) is 2.29. The van der Waals surface area contributed by atoms with E-state index in [0.717, 1.165) is 22.9 Å². The molecule has 0 radical (unpaired) electrons. The third-order valence-electron chi connectivity index (χ3n) is 3.86. The lowest BCUT2D eigenvalue weighted by atomic mass is 10.1. The van der Waals surface area contributed by atoms with Gasteiger partial charge in [0.2, 0.25) is 11.1 Å². The molecule has 3 aromatic rings. The molecule has 0 aliphatic carbocycles. The largest absolute Gasteiger partial charge is 0.325 e. The maximum atomic E-state index is 12.1. The van der Waals surface area contributed by atoms with E-state index in [1.165, 1.54) is 4.68 Å². The molecule has 3 amide bonds. The maximum absolute atomic E-state index is 12.1. The van der Waals surface area contributed by atoms with E-state index < -0.39 is 11.9 Å².